The number of nitrogens with zero attached hydrogens (tertiary/aromatic N) is 4. The van der Waals surface area contributed by atoms with Crippen LogP contribution in [0.15, 0.2) is 65.8 Å². The lowest BCUT2D eigenvalue weighted by Gasteiger charge is -2.08. The number of aryl methyl sites for hydroxylation is 1. The van der Waals surface area contributed by atoms with Gasteiger partial charge in [-0.15, -0.1) is 0 Å². The van der Waals surface area contributed by atoms with E-state index in [1.54, 1.807) is 12.1 Å². The lowest BCUT2D eigenvalue weighted by molar-refractivity contribution is -0.116. The highest BCUT2D eigenvalue weighted by molar-refractivity contribution is 5.94. The van der Waals surface area contributed by atoms with Gasteiger partial charge in [-0.1, -0.05) is 0 Å². The number of primary amides is 1. The Labute approximate surface area is 174 Å². The van der Waals surface area contributed by atoms with E-state index in [2.05, 4.69) is 15.4 Å². The van der Waals surface area contributed by atoms with Crippen LogP contribution in [0.3, 0.4) is 0 Å². The van der Waals surface area contributed by atoms with Gasteiger partial charge in [0.2, 0.25) is 11.8 Å². The maximum Gasteiger partial charge on any atom is 0.264 e. The van der Waals surface area contributed by atoms with E-state index >= 15 is 0 Å². The first-order valence-corrected chi connectivity index (χ1v) is 9.31. The number of hydrogen-bond acceptors (Lipinski definition) is 5. The smallest absolute Gasteiger partial charge is 0.264 e. The van der Waals surface area contributed by atoms with Crippen molar-refractivity contribution in [3.63, 3.8) is 0 Å². The average Bonchev–Trinajstić information content (AvgIpc) is 3.19. The van der Waals surface area contributed by atoms with Crippen LogP contribution in [-0.4, -0.2) is 31.1 Å². The van der Waals surface area contributed by atoms with Crippen molar-refractivity contribution in [1.29, 1.82) is 0 Å². The Bertz CT molecular complexity index is 1330. The largest absolute Gasteiger partial charge is 0.366 e. The van der Waals surface area contributed by atoms with Gasteiger partial charge in [-0.2, -0.15) is 5.10 Å². The third kappa shape index (κ3) is 4.17. The SMILES string of the molecule is NC(=O)c1ccc(NC(=O)CCn2cnc3c(cnn3-c3ccc(F)cc3)c2=O)cc1. The molecule has 31 heavy (non-hydrogen) atoms. The highest BCUT2D eigenvalue weighted by Crippen LogP contribution is 2.14. The maximum absolute atomic E-state index is 13.1. The number of carbonyl (C=O) groups is 2. The van der Waals surface area contributed by atoms with Gasteiger partial charge in [0, 0.05) is 24.2 Å². The molecule has 2 aromatic heterocycles. The van der Waals surface area contributed by atoms with Crippen LogP contribution in [-0.2, 0) is 11.3 Å². The second kappa shape index (κ2) is 8.19. The Balaban J connectivity index is 1.47. The van der Waals surface area contributed by atoms with Gasteiger partial charge < -0.3 is 11.1 Å². The molecule has 9 nitrogen and oxygen atoms in total. The van der Waals surface area contributed by atoms with Gasteiger partial charge in [-0.25, -0.2) is 14.1 Å². The fourth-order valence-electron chi connectivity index (χ4n) is 3.04. The molecule has 0 saturated heterocycles. The molecule has 4 aromatic rings. The van der Waals surface area contributed by atoms with Gasteiger partial charge in [0.05, 0.1) is 18.2 Å². The fourth-order valence-corrected chi connectivity index (χ4v) is 3.04. The van der Waals surface area contributed by atoms with Gasteiger partial charge in [0.15, 0.2) is 5.65 Å². The molecule has 0 unspecified atom stereocenters. The molecule has 0 spiro atoms. The zero-order chi connectivity index (χ0) is 22.0. The van der Waals surface area contributed by atoms with Crippen LogP contribution < -0.4 is 16.6 Å². The summed E-state index contributed by atoms with van der Waals surface area (Å²) in [5, 5.41) is 7.15. The number of benzene rings is 2. The molecule has 2 aromatic carbocycles. The fraction of sp³-hybridized carbons (Fsp3) is 0.0952. The quantitative estimate of drug-likeness (QED) is 0.492. The number of halogens is 1. The van der Waals surface area contributed by atoms with Crippen LogP contribution >= 0.6 is 0 Å². The lowest BCUT2D eigenvalue weighted by Crippen LogP contribution is -2.23. The first kappa shape index (κ1) is 20.0. The van der Waals surface area contributed by atoms with E-state index in [9.17, 15) is 18.8 Å². The summed E-state index contributed by atoms with van der Waals surface area (Å²) in [6, 6.07) is 11.8. The molecule has 2 heterocycles. The van der Waals surface area contributed by atoms with Crippen LogP contribution in [0.2, 0.25) is 0 Å². The van der Waals surface area contributed by atoms with Gasteiger partial charge in [-0.05, 0) is 48.5 Å². The van der Waals surface area contributed by atoms with Crippen molar-refractivity contribution in [2.45, 2.75) is 13.0 Å². The Morgan fingerprint density at radius 2 is 1.77 bits per heavy atom. The third-order valence-corrected chi connectivity index (χ3v) is 4.66. The summed E-state index contributed by atoms with van der Waals surface area (Å²) in [5.74, 6) is -1.23. The first-order chi connectivity index (χ1) is 14.9. The van der Waals surface area contributed by atoms with Crippen molar-refractivity contribution in [3.05, 3.63) is 82.8 Å². The third-order valence-electron chi connectivity index (χ3n) is 4.66. The Hall–Kier alpha value is -4.34. The van der Waals surface area contributed by atoms with Crippen LogP contribution in [0.1, 0.15) is 16.8 Å². The molecule has 0 aliphatic rings. The molecule has 3 N–H and O–H groups in total. The number of nitrogens with two attached hydrogens (primary N) is 1. The molecule has 2 amide bonds. The maximum atomic E-state index is 13.1. The van der Waals surface area contributed by atoms with Crippen molar-refractivity contribution in [2.75, 3.05) is 5.32 Å². The van der Waals surface area contributed by atoms with E-state index < -0.39 is 5.91 Å². The van der Waals surface area contributed by atoms with Crippen molar-refractivity contribution in [2.24, 2.45) is 5.73 Å². The first-order valence-electron chi connectivity index (χ1n) is 9.31. The number of anilines is 1. The van der Waals surface area contributed by atoms with Crippen LogP contribution in [0.25, 0.3) is 16.7 Å². The summed E-state index contributed by atoms with van der Waals surface area (Å²) in [5.41, 5.74) is 6.61. The summed E-state index contributed by atoms with van der Waals surface area (Å²) in [6.45, 7) is 0.120. The number of hydrogen-bond donors (Lipinski definition) is 2. The van der Waals surface area contributed by atoms with Crippen molar-refractivity contribution in [3.8, 4) is 5.69 Å². The monoisotopic (exact) mass is 420 g/mol. The minimum Gasteiger partial charge on any atom is -0.366 e. The zero-order valence-electron chi connectivity index (χ0n) is 16.2. The van der Waals surface area contributed by atoms with Crippen molar-refractivity contribution in [1.82, 2.24) is 19.3 Å². The average molecular weight is 420 g/mol. The van der Waals surface area contributed by atoms with Crippen LogP contribution in [0.4, 0.5) is 10.1 Å². The Morgan fingerprint density at radius 3 is 2.45 bits per heavy atom. The van der Waals surface area contributed by atoms with Gasteiger partial charge in [0.25, 0.3) is 5.56 Å². The predicted molar refractivity (Wildman–Crippen MR) is 111 cm³/mol. The minimum absolute atomic E-state index is 0.0385. The van der Waals surface area contributed by atoms with E-state index in [1.807, 2.05) is 0 Å². The number of carbonyl (C=O) groups excluding carboxylic acids is 2. The normalized spacial score (nSPS) is 10.9. The highest BCUT2D eigenvalue weighted by Gasteiger charge is 2.12. The summed E-state index contributed by atoms with van der Waals surface area (Å²) >= 11 is 0. The van der Waals surface area contributed by atoms with Gasteiger partial charge in [0.1, 0.15) is 11.2 Å². The Kier molecular flexibility index (Phi) is 5.27. The molecule has 0 radical (unpaired) electrons. The second-order valence-electron chi connectivity index (χ2n) is 6.75. The number of nitrogens with one attached hydrogen (secondary N) is 1. The molecule has 4 rings (SSSR count). The lowest BCUT2D eigenvalue weighted by atomic mass is 10.2. The number of fused-ring (bicyclic) bond motifs is 1. The molecule has 10 heteroatoms. The van der Waals surface area contributed by atoms with Gasteiger partial charge in [-0.3, -0.25) is 19.0 Å². The molecule has 0 atom stereocenters. The second-order valence-corrected chi connectivity index (χ2v) is 6.75. The number of rotatable bonds is 6. The highest BCUT2D eigenvalue weighted by atomic mass is 19.1. The standard InChI is InChI=1S/C21H17FN6O3/c22-14-3-7-16(8-4-14)28-20-17(11-25-28)21(31)27(12-24-20)10-9-18(29)26-15-5-1-13(2-6-15)19(23)30/h1-8,11-12H,9-10H2,(H2,23,30)(H,26,29). The van der Waals surface area contributed by atoms with Gasteiger partial charge >= 0.3 is 0 Å². The van der Waals surface area contributed by atoms with E-state index in [0.29, 0.717) is 22.6 Å². The van der Waals surface area contributed by atoms with E-state index in [0.717, 1.165) is 0 Å². The zero-order valence-corrected chi connectivity index (χ0v) is 16.2. The number of aromatic nitrogens is 4. The predicted octanol–water partition coefficient (Wildman–Crippen LogP) is 1.85. The van der Waals surface area contributed by atoms with E-state index in [4.69, 9.17) is 5.73 Å². The molecular weight excluding hydrogens is 403 g/mol. The molecule has 156 valence electrons. The van der Waals surface area contributed by atoms with Crippen molar-refractivity contribution < 1.29 is 14.0 Å². The summed E-state index contributed by atoms with van der Waals surface area (Å²) in [4.78, 5) is 40.3. The minimum atomic E-state index is -0.553. The number of amides is 2. The summed E-state index contributed by atoms with van der Waals surface area (Å²) in [6.07, 6.45) is 2.78. The van der Waals surface area contributed by atoms with E-state index in [1.165, 1.54) is 58.2 Å². The topological polar surface area (TPSA) is 125 Å². The molecule has 0 aliphatic carbocycles. The van der Waals surface area contributed by atoms with Crippen molar-refractivity contribution >= 4 is 28.5 Å². The summed E-state index contributed by atoms with van der Waals surface area (Å²) < 4.78 is 15.9. The summed E-state index contributed by atoms with van der Waals surface area (Å²) in [7, 11) is 0. The van der Waals surface area contributed by atoms with Crippen LogP contribution in [0.5, 0.6) is 0 Å². The molecule has 0 bridgehead atoms. The van der Waals surface area contributed by atoms with E-state index in [-0.39, 0.29) is 35.6 Å². The molecule has 0 saturated carbocycles. The molecular formula is C21H17FN6O3. The molecule has 0 fully saturated rings. The molecule has 0 aliphatic heterocycles. The van der Waals surface area contributed by atoms with Crippen LogP contribution in [0, 0.1) is 5.82 Å². The Morgan fingerprint density at radius 1 is 1.06 bits per heavy atom.